The second kappa shape index (κ2) is 10.0. The molecule has 0 saturated carbocycles. The Balaban J connectivity index is 1.47. The van der Waals surface area contributed by atoms with Crippen LogP contribution in [-0.4, -0.2) is 47.0 Å². The molecule has 3 aromatic rings. The molecule has 1 amide bonds. The van der Waals surface area contributed by atoms with Crippen LogP contribution in [-0.2, 0) is 11.2 Å². The van der Waals surface area contributed by atoms with Gasteiger partial charge in [-0.1, -0.05) is 66.7 Å². The van der Waals surface area contributed by atoms with Crippen LogP contribution in [0.25, 0.3) is 0 Å². The van der Waals surface area contributed by atoms with E-state index in [1.54, 1.807) is 6.07 Å². The summed E-state index contributed by atoms with van der Waals surface area (Å²) < 4.78 is 0. The minimum Gasteiger partial charge on any atom is -0.508 e. The zero-order valence-electron chi connectivity index (χ0n) is 19.9. The Morgan fingerprint density at radius 1 is 0.971 bits per heavy atom. The Labute approximate surface area is 202 Å². The number of benzene rings is 3. The molecule has 3 aromatic carbocycles. The number of hydrogen-bond acceptors (Lipinski definition) is 3. The number of likely N-dealkylation sites (N-methyl/N-ethyl adjacent to an activating group) is 1. The molecule has 0 radical (unpaired) electrons. The predicted molar refractivity (Wildman–Crippen MR) is 136 cm³/mol. The quantitative estimate of drug-likeness (QED) is 0.533. The van der Waals surface area contributed by atoms with Crippen molar-refractivity contribution >= 4 is 5.91 Å². The molecular formula is C30H34N2O2. The van der Waals surface area contributed by atoms with Crippen LogP contribution in [0.1, 0.15) is 59.9 Å². The summed E-state index contributed by atoms with van der Waals surface area (Å²) in [7, 11) is 1.96. The molecule has 0 spiro atoms. The van der Waals surface area contributed by atoms with Crippen LogP contribution < -0.4 is 0 Å². The molecule has 1 saturated heterocycles. The molecule has 2 unspecified atom stereocenters. The molecule has 4 nitrogen and oxygen atoms in total. The largest absolute Gasteiger partial charge is 0.508 e. The van der Waals surface area contributed by atoms with Crippen molar-refractivity contribution in [2.45, 2.75) is 50.1 Å². The molecule has 1 aliphatic heterocycles. The van der Waals surface area contributed by atoms with Gasteiger partial charge in [-0.05, 0) is 73.2 Å². The molecule has 2 aliphatic rings. The summed E-state index contributed by atoms with van der Waals surface area (Å²) >= 11 is 0. The fraction of sp³-hybridized carbons (Fsp3) is 0.367. The summed E-state index contributed by atoms with van der Waals surface area (Å²) in [4.78, 5) is 18.4. The van der Waals surface area contributed by atoms with E-state index < -0.39 is 0 Å². The van der Waals surface area contributed by atoms with E-state index in [4.69, 9.17) is 0 Å². The first-order chi connectivity index (χ1) is 16.6. The second-order valence-corrected chi connectivity index (χ2v) is 9.76. The summed E-state index contributed by atoms with van der Waals surface area (Å²) in [6.45, 7) is 2.18. The predicted octanol–water partition coefficient (Wildman–Crippen LogP) is 5.52. The van der Waals surface area contributed by atoms with Gasteiger partial charge in [0.05, 0.1) is 6.04 Å². The highest BCUT2D eigenvalue weighted by Gasteiger charge is 2.39. The Bertz CT molecular complexity index is 1070. The van der Waals surface area contributed by atoms with Crippen LogP contribution >= 0.6 is 0 Å². The van der Waals surface area contributed by atoms with Crippen molar-refractivity contribution in [1.82, 2.24) is 9.80 Å². The normalized spacial score (nSPS) is 20.3. The summed E-state index contributed by atoms with van der Waals surface area (Å²) in [6, 6.07) is 26.6. The lowest BCUT2D eigenvalue weighted by Crippen LogP contribution is -2.48. The van der Waals surface area contributed by atoms with Gasteiger partial charge < -0.3 is 10.0 Å². The van der Waals surface area contributed by atoms with Gasteiger partial charge in [-0.25, -0.2) is 0 Å². The molecule has 0 aromatic heterocycles. The van der Waals surface area contributed by atoms with E-state index in [1.165, 1.54) is 18.4 Å². The number of fused-ring (bicyclic) bond motifs is 1. The van der Waals surface area contributed by atoms with Gasteiger partial charge in [-0.2, -0.15) is 0 Å². The number of phenolic OH excluding ortho intramolecular Hbond substituents is 1. The average molecular weight is 455 g/mol. The third-order valence-corrected chi connectivity index (χ3v) is 7.72. The number of carbonyl (C=O) groups excluding carboxylic acids is 1. The Morgan fingerprint density at radius 3 is 2.21 bits per heavy atom. The molecule has 1 N–H and O–H groups in total. The van der Waals surface area contributed by atoms with E-state index in [2.05, 4.69) is 29.2 Å². The van der Waals surface area contributed by atoms with Gasteiger partial charge in [-0.3, -0.25) is 9.69 Å². The van der Waals surface area contributed by atoms with Gasteiger partial charge in [0.2, 0.25) is 5.91 Å². The van der Waals surface area contributed by atoms with Gasteiger partial charge in [0.25, 0.3) is 0 Å². The summed E-state index contributed by atoms with van der Waals surface area (Å²) in [5.74, 6) is 0.427. The van der Waals surface area contributed by atoms with Crippen molar-refractivity contribution < 1.29 is 9.90 Å². The fourth-order valence-corrected chi connectivity index (χ4v) is 5.95. The first kappa shape index (κ1) is 22.7. The maximum absolute atomic E-state index is 13.9. The van der Waals surface area contributed by atoms with Crippen molar-refractivity contribution in [3.05, 3.63) is 101 Å². The van der Waals surface area contributed by atoms with Crippen LogP contribution in [0.4, 0.5) is 0 Å². The maximum Gasteiger partial charge on any atom is 0.223 e. The van der Waals surface area contributed by atoms with Crippen LogP contribution in [0, 0.1) is 0 Å². The number of amides is 1. The Kier molecular flexibility index (Phi) is 6.68. The van der Waals surface area contributed by atoms with Gasteiger partial charge in [0.1, 0.15) is 5.75 Å². The number of likely N-dealkylation sites (tertiary alicyclic amines) is 1. The van der Waals surface area contributed by atoms with Gasteiger partial charge in [0.15, 0.2) is 0 Å². The lowest BCUT2D eigenvalue weighted by molar-refractivity contribution is -0.134. The molecule has 176 valence electrons. The fourth-order valence-electron chi connectivity index (χ4n) is 5.95. The molecule has 1 heterocycles. The zero-order chi connectivity index (χ0) is 23.5. The molecule has 1 fully saturated rings. The summed E-state index contributed by atoms with van der Waals surface area (Å²) in [6.07, 6.45) is 4.89. The highest BCUT2D eigenvalue weighted by Crippen LogP contribution is 2.40. The van der Waals surface area contributed by atoms with Crippen LogP contribution in [0.2, 0.25) is 0 Å². The van der Waals surface area contributed by atoms with Crippen molar-refractivity contribution in [2.24, 2.45) is 0 Å². The molecule has 2 atom stereocenters. The molecule has 1 aliphatic carbocycles. The summed E-state index contributed by atoms with van der Waals surface area (Å²) in [5.41, 5.74) is 4.68. The van der Waals surface area contributed by atoms with Crippen LogP contribution in [0.5, 0.6) is 5.75 Å². The number of phenols is 1. The molecule has 34 heavy (non-hydrogen) atoms. The van der Waals surface area contributed by atoms with Crippen molar-refractivity contribution in [3.63, 3.8) is 0 Å². The van der Waals surface area contributed by atoms with Crippen molar-refractivity contribution in [3.8, 4) is 5.75 Å². The standard InChI is InChI=1S/C30H34N2O2/c1-31(29(34)21-26(22-10-4-2-5-11-22)23-12-6-3-7-13-23)30-27-20-25(33)16-14-24(27)15-17-28(30)32-18-8-9-19-32/h2-7,10-14,16,20,26,28,30,33H,8-9,15,17-19,21H2,1H3. The molecule has 4 heteroatoms. The third-order valence-electron chi connectivity index (χ3n) is 7.72. The monoisotopic (exact) mass is 454 g/mol. The Hall–Kier alpha value is -3.11. The van der Waals surface area contributed by atoms with Crippen molar-refractivity contribution in [2.75, 3.05) is 20.1 Å². The topological polar surface area (TPSA) is 43.8 Å². The number of nitrogens with zero attached hydrogens (tertiary/aromatic N) is 2. The number of aryl methyl sites for hydroxylation is 1. The SMILES string of the molecule is CN(C(=O)CC(c1ccccc1)c1ccccc1)C1c2cc(O)ccc2CCC1N1CCCC1. The minimum atomic E-state index is -0.0475. The van der Waals surface area contributed by atoms with E-state index in [0.717, 1.165) is 42.6 Å². The number of rotatable bonds is 6. The van der Waals surface area contributed by atoms with Crippen LogP contribution in [0.15, 0.2) is 78.9 Å². The Morgan fingerprint density at radius 2 is 1.59 bits per heavy atom. The smallest absolute Gasteiger partial charge is 0.223 e. The van der Waals surface area contributed by atoms with Gasteiger partial charge in [-0.15, -0.1) is 0 Å². The van der Waals surface area contributed by atoms with Crippen LogP contribution in [0.3, 0.4) is 0 Å². The first-order valence-electron chi connectivity index (χ1n) is 12.5. The summed E-state index contributed by atoms with van der Waals surface area (Å²) in [5, 5.41) is 10.3. The second-order valence-electron chi connectivity index (χ2n) is 9.76. The van der Waals surface area contributed by atoms with Gasteiger partial charge in [0, 0.05) is 25.4 Å². The van der Waals surface area contributed by atoms with Gasteiger partial charge >= 0.3 is 0 Å². The highest BCUT2D eigenvalue weighted by molar-refractivity contribution is 5.78. The third kappa shape index (κ3) is 4.60. The first-order valence-corrected chi connectivity index (χ1v) is 12.5. The highest BCUT2D eigenvalue weighted by atomic mass is 16.3. The number of aromatic hydroxyl groups is 1. The molecule has 5 rings (SSSR count). The van der Waals surface area contributed by atoms with E-state index in [1.807, 2.05) is 60.5 Å². The minimum absolute atomic E-state index is 0.00910. The molecular weight excluding hydrogens is 420 g/mol. The average Bonchev–Trinajstić information content (AvgIpc) is 3.42. The zero-order valence-corrected chi connectivity index (χ0v) is 19.9. The van der Waals surface area contributed by atoms with E-state index in [0.29, 0.717) is 6.42 Å². The molecule has 0 bridgehead atoms. The van der Waals surface area contributed by atoms with Crippen molar-refractivity contribution in [1.29, 1.82) is 0 Å². The van der Waals surface area contributed by atoms with E-state index in [-0.39, 0.29) is 29.7 Å². The lowest BCUT2D eigenvalue weighted by atomic mass is 9.81. The number of hydrogen-bond donors (Lipinski definition) is 1. The van der Waals surface area contributed by atoms with E-state index >= 15 is 0 Å². The number of carbonyl (C=O) groups is 1. The van der Waals surface area contributed by atoms with E-state index in [9.17, 15) is 9.90 Å². The maximum atomic E-state index is 13.9. The lowest BCUT2D eigenvalue weighted by Gasteiger charge is -2.44.